The Morgan fingerprint density at radius 2 is 1.90 bits per heavy atom. The Hall–Kier alpha value is -1.74. The molecule has 2 aromatic rings. The molecule has 0 unspecified atom stereocenters. The van der Waals surface area contributed by atoms with Gasteiger partial charge >= 0.3 is 0 Å². The number of nitrogen functional groups attached to an aromatic ring is 1. The van der Waals surface area contributed by atoms with Gasteiger partial charge in [-0.1, -0.05) is 42.6 Å². The molecule has 0 atom stereocenters. The Balaban J connectivity index is 1.98. The first-order chi connectivity index (χ1) is 9.74. The normalized spacial score (nSPS) is 15.4. The summed E-state index contributed by atoms with van der Waals surface area (Å²) in [6.45, 7) is 0. The predicted molar refractivity (Wildman–Crippen MR) is 85.0 cm³/mol. The average molecular weight is 288 g/mol. The number of nitrogens with zero attached hydrogens (tertiary/aromatic N) is 1. The lowest BCUT2D eigenvalue weighted by Gasteiger charge is -2.18. The van der Waals surface area contributed by atoms with E-state index in [1.165, 1.54) is 25.7 Å². The summed E-state index contributed by atoms with van der Waals surface area (Å²) >= 11 is 6.27. The molecule has 1 fully saturated rings. The first-order valence-electron chi connectivity index (χ1n) is 7.01. The summed E-state index contributed by atoms with van der Waals surface area (Å²) in [7, 11) is 0. The maximum atomic E-state index is 6.27. The Labute approximate surface area is 124 Å². The van der Waals surface area contributed by atoms with Gasteiger partial charge in [0.15, 0.2) is 0 Å². The van der Waals surface area contributed by atoms with Crippen molar-refractivity contribution in [1.29, 1.82) is 0 Å². The van der Waals surface area contributed by atoms with E-state index in [1.807, 2.05) is 18.2 Å². The zero-order valence-corrected chi connectivity index (χ0v) is 12.0. The number of nitrogens with one attached hydrogen (secondary N) is 1. The molecule has 20 heavy (non-hydrogen) atoms. The van der Waals surface area contributed by atoms with Crippen molar-refractivity contribution >= 4 is 23.1 Å². The Morgan fingerprint density at radius 1 is 1.15 bits per heavy atom. The van der Waals surface area contributed by atoms with Crippen LogP contribution in [0.2, 0.25) is 5.02 Å². The zero-order valence-electron chi connectivity index (χ0n) is 11.3. The summed E-state index contributed by atoms with van der Waals surface area (Å²) in [5.41, 5.74) is 8.92. The first-order valence-corrected chi connectivity index (χ1v) is 7.39. The van der Waals surface area contributed by atoms with E-state index in [-0.39, 0.29) is 0 Å². The number of aromatic nitrogens is 1. The molecular weight excluding hydrogens is 270 g/mol. The zero-order chi connectivity index (χ0) is 13.9. The molecule has 0 bridgehead atoms. The summed E-state index contributed by atoms with van der Waals surface area (Å²) in [6, 6.07) is 10.6. The highest BCUT2D eigenvalue weighted by Gasteiger charge is 2.17. The SMILES string of the molecule is Nc1cc(-c2ccccc2NC2CCCC2)c(Cl)cn1. The molecule has 1 saturated carbocycles. The van der Waals surface area contributed by atoms with E-state index in [2.05, 4.69) is 22.4 Å². The number of rotatable bonds is 3. The lowest BCUT2D eigenvalue weighted by atomic mass is 10.0. The van der Waals surface area contributed by atoms with Crippen LogP contribution in [-0.2, 0) is 0 Å². The van der Waals surface area contributed by atoms with Gasteiger partial charge in [0.1, 0.15) is 5.82 Å². The number of benzene rings is 1. The van der Waals surface area contributed by atoms with Crippen molar-refractivity contribution in [2.75, 3.05) is 11.1 Å². The smallest absolute Gasteiger partial charge is 0.124 e. The molecule has 3 rings (SSSR count). The van der Waals surface area contributed by atoms with Crippen LogP contribution in [0.15, 0.2) is 36.5 Å². The van der Waals surface area contributed by atoms with Gasteiger partial charge < -0.3 is 11.1 Å². The van der Waals surface area contributed by atoms with Crippen LogP contribution in [0.5, 0.6) is 0 Å². The molecule has 0 aliphatic heterocycles. The molecule has 0 saturated heterocycles. The van der Waals surface area contributed by atoms with Crippen molar-refractivity contribution in [3.05, 3.63) is 41.6 Å². The van der Waals surface area contributed by atoms with Crippen molar-refractivity contribution in [3.8, 4) is 11.1 Å². The summed E-state index contributed by atoms with van der Waals surface area (Å²) < 4.78 is 0. The van der Waals surface area contributed by atoms with E-state index in [9.17, 15) is 0 Å². The largest absolute Gasteiger partial charge is 0.384 e. The highest BCUT2D eigenvalue weighted by molar-refractivity contribution is 6.33. The second kappa shape index (κ2) is 5.71. The summed E-state index contributed by atoms with van der Waals surface area (Å²) in [5.74, 6) is 0.486. The second-order valence-corrected chi connectivity index (χ2v) is 5.67. The predicted octanol–water partition coefficient (Wildman–Crippen LogP) is 4.34. The van der Waals surface area contributed by atoms with Gasteiger partial charge in [0.25, 0.3) is 0 Å². The van der Waals surface area contributed by atoms with Gasteiger partial charge in [0, 0.05) is 29.1 Å². The molecule has 3 nitrogen and oxygen atoms in total. The van der Waals surface area contributed by atoms with Crippen LogP contribution in [0.3, 0.4) is 0 Å². The molecule has 1 aromatic carbocycles. The Bertz CT molecular complexity index is 606. The lowest BCUT2D eigenvalue weighted by Crippen LogP contribution is -2.15. The van der Waals surface area contributed by atoms with E-state index in [1.54, 1.807) is 6.20 Å². The van der Waals surface area contributed by atoms with Gasteiger partial charge in [-0.15, -0.1) is 0 Å². The van der Waals surface area contributed by atoms with Gasteiger partial charge in [-0.05, 0) is 25.0 Å². The maximum Gasteiger partial charge on any atom is 0.124 e. The van der Waals surface area contributed by atoms with Crippen LogP contribution in [0, 0.1) is 0 Å². The summed E-state index contributed by atoms with van der Waals surface area (Å²) in [6.07, 6.45) is 6.70. The van der Waals surface area contributed by atoms with Crippen LogP contribution < -0.4 is 11.1 Å². The summed E-state index contributed by atoms with van der Waals surface area (Å²) in [4.78, 5) is 4.02. The van der Waals surface area contributed by atoms with Gasteiger partial charge in [-0.25, -0.2) is 4.98 Å². The Morgan fingerprint density at radius 3 is 2.70 bits per heavy atom. The standard InChI is InChI=1S/C16H18ClN3/c17-14-10-19-16(18)9-13(14)12-7-3-4-8-15(12)20-11-5-1-2-6-11/h3-4,7-11,20H,1-2,5-6H2,(H2,18,19). The van der Waals surface area contributed by atoms with Crippen LogP contribution >= 0.6 is 11.6 Å². The minimum absolute atomic E-state index is 0.486. The number of anilines is 2. The highest BCUT2D eigenvalue weighted by atomic mass is 35.5. The summed E-state index contributed by atoms with van der Waals surface area (Å²) in [5, 5.41) is 4.26. The molecule has 0 amide bonds. The number of hydrogen-bond donors (Lipinski definition) is 2. The maximum absolute atomic E-state index is 6.27. The third kappa shape index (κ3) is 2.73. The van der Waals surface area contributed by atoms with Crippen LogP contribution in [0.1, 0.15) is 25.7 Å². The van der Waals surface area contributed by atoms with Gasteiger partial charge in [-0.3, -0.25) is 0 Å². The van der Waals surface area contributed by atoms with E-state index in [0.29, 0.717) is 16.9 Å². The van der Waals surface area contributed by atoms with Gasteiger partial charge in [0.05, 0.1) is 5.02 Å². The third-order valence-corrected chi connectivity index (χ3v) is 4.11. The van der Waals surface area contributed by atoms with Crippen molar-refractivity contribution in [2.24, 2.45) is 0 Å². The quantitative estimate of drug-likeness (QED) is 0.883. The molecule has 3 N–H and O–H groups in total. The minimum atomic E-state index is 0.486. The highest BCUT2D eigenvalue weighted by Crippen LogP contribution is 2.35. The first kappa shape index (κ1) is 13.3. The Kier molecular flexibility index (Phi) is 3.79. The molecular formula is C16H18ClN3. The van der Waals surface area contributed by atoms with E-state index in [0.717, 1.165) is 16.8 Å². The van der Waals surface area contributed by atoms with Crippen LogP contribution in [-0.4, -0.2) is 11.0 Å². The van der Waals surface area contributed by atoms with Crippen molar-refractivity contribution in [3.63, 3.8) is 0 Å². The lowest BCUT2D eigenvalue weighted by molar-refractivity contribution is 0.756. The fourth-order valence-corrected chi connectivity index (χ4v) is 3.00. The van der Waals surface area contributed by atoms with Gasteiger partial charge in [0.2, 0.25) is 0 Å². The number of pyridine rings is 1. The van der Waals surface area contributed by atoms with E-state index >= 15 is 0 Å². The second-order valence-electron chi connectivity index (χ2n) is 5.26. The number of hydrogen-bond acceptors (Lipinski definition) is 3. The molecule has 4 heteroatoms. The van der Waals surface area contributed by atoms with Crippen molar-refractivity contribution in [2.45, 2.75) is 31.7 Å². The number of nitrogens with two attached hydrogens (primary N) is 1. The van der Waals surface area contributed by atoms with E-state index in [4.69, 9.17) is 17.3 Å². The molecule has 104 valence electrons. The molecule has 1 aliphatic rings. The minimum Gasteiger partial charge on any atom is -0.384 e. The third-order valence-electron chi connectivity index (χ3n) is 3.81. The molecule has 1 aromatic heterocycles. The molecule has 0 spiro atoms. The van der Waals surface area contributed by atoms with Crippen LogP contribution in [0.4, 0.5) is 11.5 Å². The number of para-hydroxylation sites is 1. The van der Waals surface area contributed by atoms with E-state index < -0.39 is 0 Å². The molecule has 1 heterocycles. The van der Waals surface area contributed by atoms with Crippen molar-refractivity contribution in [1.82, 2.24) is 4.98 Å². The van der Waals surface area contributed by atoms with Crippen molar-refractivity contribution < 1.29 is 0 Å². The fourth-order valence-electron chi connectivity index (χ4n) is 2.80. The average Bonchev–Trinajstić information content (AvgIpc) is 2.95. The van der Waals surface area contributed by atoms with Crippen LogP contribution in [0.25, 0.3) is 11.1 Å². The molecule has 1 aliphatic carbocycles. The monoisotopic (exact) mass is 287 g/mol. The fraction of sp³-hybridized carbons (Fsp3) is 0.312. The number of halogens is 1. The van der Waals surface area contributed by atoms with Gasteiger partial charge in [-0.2, -0.15) is 0 Å². The molecule has 0 radical (unpaired) electrons. The topological polar surface area (TPSA) is 50.9 Å².